The van der Waals surface area contributed by atoms with E-state index < -0.39 is 27.4 Å². The fraction of sp³-hybridized carbons (Fsp3) is 0.500. The topological polar surface area (TPSA) is 95.0 Å². The summed E-state index contributed by atoms with van der Waals surface area (Å²) < 4.78 is 26.7. The van der Waals surface area contributed by atoms with Crippen LogP contribution in [0.3, 0.4) is 0 Å². The minimum absolute atomic E-state index is 0.101. The molecule has 206 valence electrons. The molecule has 1 N–H and O–H groups in total. The van der Waals surface area contributed by atoms with E-state index >= 15 is 0 Å². The number of halogens is 2. The summed E-state index contributed by atoms with van der Waals surface area (Å²) in [5.41, 5.74) is 0.600. The Morgan fingerprint density at radius 1 is 1.11 bits per heavy atom. The predicted molar refractivity (Wildman–Crippen MR) is 149 cm³/mol. The fourth-order valence-electron chi connectivity index (χ4n) is 5.78. The van der Waals surface area contributed by atoms with Crippen molar-refractivity contribution in [2.75, 3.05) is 19.8 Å². The summed E-state index contributed by atoms with van der Waals surface area (Å²) in [7, 11) is -0.489. The van der Waals surface area contributed by atoms with Crippen molar-refractivity contribution in [1.82, 2.24) is 9.21 Å². The Labute approximate surface area is 234 Å². The standard InChI is InChI=1S/C28H34Cl2N2O5S/c1-28(17-25(33)34)16-23(20-5-4-6-22(30)15-20)26(19-9-11-21(29)12-10-19)32(27(28)35)24(18-7-8-18)13-14-38(36,37)31(2)3/h4-6,9-12,15,18,23-24,26H,7-8,13-14,16-17H2,1-3H3,(H,33,34)/t23-,24-,26-,28-/m1/s1. The van der Waals surface area contributed by atoms with Crippen LogP contribution in [0.4, 0.5) is 0 Å². The largest absolute Gasteiger partial charge is 0.481 e. The predicted octanol–water partition coefficient (Wildman–Crippen LogP) is 5.59. The van der Waals surface area contributed by atoms with Crippen molar-refractivity contribution >= 4 is 45.1 Å². The lowest BCUT2D eigenvalue weighted by Gasteiger charge is -2.52. The molecule has 38 heavy (non-hydrogen) atoms. The number of rotatable bonds is 10. The third-order valence-corrected chi connectivity index (χ3v) is 10.2. The molecule has 2 aromatic carbocycles. The fourth-order valence-corrected chi connectivity index (χ4v) is 7.01. The van der Waals surface area contributed by atoms with Gasteiger partial charge in [0.25, 0.3) is 0 Å². The lowest BCUT2D eigenvalue weighted by atomic mass is 9.67. The van der Waals surface area contributed by atoms with Crippen molar-refractivity contribution in [2.45, 2.75) is 57.0 Å². The molecule has 0 bridgehead atoms. The number of hydrogen-bond acceptors (Lipinski definition) is 4. The van der Waals surface area contributed by atoms with Gasteiger partial charge in [0.05, 0.1) is 23.6 Å². The van der Waals surface area contributed by atoms with Crippen molar-refractivity contribution in [3.63, 3.8) is 0 Å². The van der Waals surface area contributed by atoms with Crippen molar-refractivity contribution in [3.05, 3.63) is 69.7 Å². The van der Waals surface area contributed by atoms with Crippen LogP contribution >= 0.6 is 23.2 Å². The van der Waals surface area contributed by atoms with Crippen LogP contribution in [-0.4, -0.2) is 60.5 Å². The Hall–Kier alpha value is -2.13. The highest BCUT2D eigenvalue weighted by Crippen LogP contribution is 2.54. The zero-order chi connectivity index (χ0) is 27.8. The molecule has 1 aliphatic heterocycles. The number of carbonyl (C=O) groups is 2. The van der Waals surface area contributed by atoms with E-state index in [1.807, 2.05) is 35.2 Å². The van der Waals surface area contributed by atoms with E-state index in [9.17, 15) is 23.1 Å². The molecular formula is C28H34Cl2N2O5S. The van der Waals surface area contributed by atoms with Gasteiger partial charge in [0.1, 0.15) is 0 Å². The molecule has 0 aromatic heterocycles. The lowest BCUT2D eigenvalue weighted by molar-refractivity contribution is -0.161. The molecular weight excluding hydrogens is 547 g/mol. The number of carbonyl (C=O) groups excluding carboxylic acids is 1. The Kier molecular flexibility index (Phi) is 8.48. The van der Waals surface area contributed by atoms with Gasteiger partial charge in [0, 0.05) is 36.1 Å². The van der Waals surface area contributed by atoms with Crippen molar-refractivity contribution < 1.29 is 23.1 Å². The number of nitrogens with zero attached hydrogens (tertiary/aromatic N) is 2. The van der Waals surface area contributed by atoms with Crippen LogP contribution in [0.15, 0.2) is 48.5 Å². The number of likely N-dealkylation sites (tertiary alicyclic amines) is 1. The highest BCUT2D eigenvalue weighted by Gasteiger charge is 2.54. The van der Waals surface area contributed by atoms with Gasteiger partial charge in [-0.15, -0.1) is 0 Å². The molecule has 4 atom stereocenters. The monoisotopic (exact) mass is 580 g/mol. The molecule has 2 aliphatic rings. The molecule has 0 radical (unpaired) electrons. The molecule has 1 saturated heterocycles. The van der Waals surface area contributed by atoms with Crippen LogP contribution in [0.5, 0.6) is 0 Å². The van der Waals surface area contributed by atoms with Crippen LogP contribution in [0.2, 0.25) is 10.0 Å². The summed E-state index contributed by atoms with van der Waals surface area (Å²) in [4.78, 5) is 28.2. The van der Waals surface area contributed by atoms with Crippen LogP contribution in [0, 0.1) is 11.3 Å². The maximum Gasteiger partial charge on any atom is 0.304 e. The first-order chi connectivity index (χ1) is 17.8. The summed E-state index contributed by atoms with van der Waals surface area (Å²) in [5, 5.41) is 10.9. The minimum atomic E-state index is -3.50. The number of carboxylic acid groups (broad SMARTS) is 1. The van der Waals surface area contributed by atoms with Gasteiger partial charge in [-0.2, -0.15) is 0 Å². The third-order valence-electron chi connectivity index (χ3n) is 7.88. The van der Waals surface area contributed by atoms with Crippen LogP contribution in [-0.2, 0) is 19.6 Å². The average Bonchev–Trinajstić information content (AvgIpc) is 3.67. The van der Waals surface area contributed by atoms with Gasteiger partial charge in [0.15, 0.2) is 0 Å². The SMILES string of the molecule is CN(C)S(=O)(=O)CC[C@H](C1CC1)N1C(=O)[C@@](C)(CC(=O)O)C[C@H](c2cccc(Cl)c2)[C@H]1c1ccc(Cl)cc1. The van der Waals surface area contributed by atoms with E-state index in [0.29, 0.717) is 16.5 Å². The molecule has 7 nitrogen and oxygen atoms in total. The summed E-state index contributed by atoms with van der Waals surface area (Å²) in [5.74, 6) is -1.51. The summed E-state index contributed by atoms with van der Waals surface area (Å²) in [6.45, 7) is 1.71. The number of benzene rings is 2. The minimum Gasteiger partial charge on any atom is -0.481 e. The molecule has 10 heteroatoms. The summed E-state index contributed by atoms with van der Waals surface area (Å²) >= 11 is 12.6. The maximum atomic E-state index is 14.4. The molecule has 1 aliphatic carbocycles. The number of piperidine rings is 1. The number of sulfonamides is 1. The maximum absolute atomic E-state index is 14.4. The summed E-state index contributed by atoms with van der Waals surface area (Å²) in [6, 6.07) is 14.0. The van der Waals surface area contributed by atoms with E-state index in [1.54, 1.807) is 25.1 Å². The average molecular weight is 582 g/mol. The zero-order valence-corrected chi connectivity index (χ0v) is 24.1. The molecule has 1 heterocycles. The van der Waals surface area contributed by atoms with Gasteiger partial charge in [-0.25, -0.2) is 12.7 Å². The first kappa shape index (κ1) is 28.9. The molecule has 4 rings (SSSR count). The first-order valence-electron chi connectivity index (χ1n) is 12.8. The van der Waals surface area contributed by atoms with E-state index in [1.165, 1.54) is 18.4 Å². The van der Waals surface area contributed by atoms with Gasteiger partial charge in [-0.05, 0) is 67.0 Å². The van der Waals surface area contributed by atoms with E-state index in [0.717, 1.165) is 24.0 Å². The zero-order valence-electron chi connectivity index (χ0n) is 21.8. The summed E-state index contributed by atoms with van der Waals surface area (Å²) in [6.07, 6.45) is 2.05. The van der Waals surface area contributed by atoms with E-state index in [2.05, 4.69) is 0 Å². The Morgan fingerprint density at radius 2 is 1.76 bits per heavy atom. The van der Waals surface area contributed by atoms with Crippen LogP contribution in [0.25, 0.3) is 0 Å². The van der Waals surface area contributed by atoms with Gasteiger partial charge < -0.3 is 10.0 Å². The lowest BCUT2D eigenvalue weighted by Crippen LogP contribution is -2.57. The van der Waals surface area contributed by atoms with Crippen LogP contribution in [0.1, 0.15) is 62.1 Å². The van der Waals surface area contributed by atoms with Crippen molar-refractivity contribution in [3.8, 4) is 0 Å². The Balaban J connectivity index is 1.88. The Bertz CT molecular complexity index is 1300. The molecule has 1 saturated carbocycles. The smallest absolute Gasteiger partial charge is 0.304 e. The van der Waals surface area contributed by atoms with Gasteiger partial charge in [-0.3, -0.25) is 9.59 Å². The molecule has 0 unspecified atom stereocenters. The molecule has 1 amide bonds. The van der Waals surface area contributed by atoms with Gasteiger partial charge in [-0.1, -0.05) is 54.4 Å². The number of hydrogen-bond donors (Lipinski definition) is 1. The third kappa shape index (κ3) is 6.19. The van der Waals surface area contributed by atoms with Crippen molar-refractivity contribution in [1.29, 1.82) is 0 Å². The highest BCUT2D eigenvalue weighted by molar-refractivity contribution is 7.89. The number of aliphatic carboxylic acids is 1. The highest BCUT2D eigenvalue weighted by atomic mass is 35.5. The molecule has 0 spiro atoms. The van der Waals surface area contributed by atoms with Crippen molar-refractivity contribution in [2.24, 2.45) is 11.3 Å². The van der Waals surface area contributed by atoms with E-state index in [-0.39, 0.29) is 42.4 Å². The van der Waals surface area contributed by atoms with Crippen LogP contribution < -0.4 is 0 Å². The number of amides is 1. The molecule has 2 aromatic rings. The normalized spacial score (nSPS) is 25.0. The van der Waals surface area contributed by atoms with Gasteiger partial charge >= 0.3 is 5.97 Å². The molecule has 2 fully saturated rings. The second-order valence-electron chi connectivity index (χ2n) is 11.0. The first-order valence-corrected chi connectivity index (χ1v) is 15.1. The quantitative estimate of drug-likeness (QED) is 0.395. The van der Waals surface area contributed by atoms with Gasteiger partial charge in [0.2, 0.25) is 15.9 Å². The van der Waals surface area contributed by atoms with E-state index in [4.69, 9.17) is 23.2 Å². The second-order valence-corrected chi connectivity index (χ2v) is 14.2. The number of carboxylic acids is 1. The Morgan fingerprint density at radius 3 is 2.32 bits per heavy atom. The second kappa shape index (κ2) is 11.2.